The van der Waals surface area contributed by atoms with E-state index in [0.29, 0.717) is 18.8 Å². The number of benzene rings is 1. The molecule has 0 spiro atoms. The van der Waals surface area contributed by atoms with Crippen LogP contribution in [0.1, 0.15) is 10.4 Å². The van der Waals surface area contributed by atoms with Gasteiger partial charge in [-0.15, -0.1) is 0 Å². The smallest absolute Gasteiger partial charge is 0.340 e. The molecule has 0 aromatic heterocycles. The number of ether oxygens (including phenoxy) is 1. The van der Waals surface area contributed by atoms with E-state index in [2.05, 4.69) is 4.74 Å². The number of hydrogen-bond acceptors (Lipinski definition) is 6. The molecule has 0 radical (unpaired) electrons. The molecule has 1 aromatic rings. The van der Waals surface area contributed by atoms with Crippen molar-refractivity contribution in [3.05, 3.63) is 23.8 Å². The van der Waals surface area contributed by atoms with Gasteiger partial charge in [0.1, 0.15) is 0 Å². The summed E-state index contributed by atoms with van der Waals surface area (Å²) in [4.78, 5) is 13.3. The van der Waals surface area contributed by atoms with Crippen molar-refractivity contribution in [1.29, 1.82) is 0 Å². The minimum Gasteiger partial charge on any atom is -0.465 e. The molecule has 1 fully saturated rings. The number of carbonyl (C=O) groups is 1. The van der Waals surface area contributed by atoms with Gasteiger partial charge in [-0.2, -0.15) is 0 Å². The van der Waals surface area contributed by atoms with Crippen molar-refractivity contribution in [2.75, 3.05) is 30.8 Å². The Bertz CT molecular complexity index is 453. The molecule has 1 heterocycles. The molecule has 2 unspecified atom stereocenters. The number of nitrogens with two attached hydrogens (primary N) is 1. The maximum absolute atomic E-state index is 11.5. The maximum Gasteiger partial charge on any atom is 0.340 e. The summed E-state index contributed by atoms with van der Waals surface area (Å²) < 4.78 is 4.64. The Labute approximate surface area is 105 Å². The average molecular weight is 252 g/mol. The number of aliphatic hydroxyl groups excluding tert-OH is 2. The molecule has 2 atom stereocenters. The minimum atomic E-state index is -0.774. The van der Waals surface area contributed by atoms with Crippen LogP contribution in [0.15, 0.2) is 18.2 Å². The van der Waals surface area contributed by atoms with E-state index < -0.39 is 18.2 Å². The number of methoxy groups -OCH3 is 1. The average Bonchev–Trinajstić information content (AvgIpc) is 2.69. The molecule has 98 valence electrons. The number of β-amino-alcohol motifs (C(OH)–C–C–N with tert-alkyl or cyclic N) is 2. The second kappa shape index (κ2) is 4.83. The van der Waals surface area contributed by atoms with Crippen molar-refractivity contribution in [2.24, 2.45) is 0 Å². The first-order valence-corrected chi connectivity index (χ1v) is 5.62. The van der Waals surface area contributed by atoms with Crippen LogP contribution < -0.4 is 10.6 Å². The highest BCUT2D eigenvalue weighted by atomic mass is 16.5. The van der Waals surface area contributed by atoms with Crippen LogP contribution in [-0.2, 0) is 4.74 Å². The Kier molecular flexibility index (Phi) is 3.40. The molecule has 4 N–H and O–H groups in total. The fourth-order valence-corrected chi connectivity index (χ4v) is 2.01. The summed E-state index contributed by atoms with van der Waals surface area (Å²) in [7, 11) is 1.29. The Morgan fingerprint density at radius 3 is 2.56 bits per heavy atom. The fraction of sp³-hybridized carbons (Fsp3) is 0.417. The summed E-state index contributed by atoms with van der Waals surface area (Å²) >= 11 is 0. The molecule has 1 aromatic carbocycles. The fourth-order valence-electron chi connectivity index (χ4n) is 2.01. The lowest BCUT2D eigenvalue weighted by molar-refractivity contribution is 0.0572. The van der Waals surface area contributed by atoms with Gasteiger partial charge in [-0.1, -0.05) is 0 Å². The number of rotatable bonds is 2. The van der Waals surface area contributed by atoms with Crippen LogP contribution in [0.4, 0.5) is 11.4 Å². The topological polar surface area (TPSA) is 96.0 Å². The molecule has 0 saturated carbocycles. The van der Waals surface area contributed by atoms with Gasteiger partial charge in [0.25, 0.3) is 0 Å². The molecular formula is C12H16N2O4. The van der Waals surface area contributed by atoms with Crippen LogP contribution in [-0.4, -0.2) is 48.6 Å². The Balaban J connectivity index is 2.27. The molecular weight excluding hydrogens is 236 g/mol. The summed E-state index contributed by atoms with van der Waals surface area (Å²) in [6.45, 7) is 0.650. The molecule has 1 aliphatic rings. The van der Waals surface area contributed by atoms with Crippen LogP contribution in [0, 0.1) is 0 Å². The van der Waals surface area contributed by atoms with E-state index >= 15 is 0 Å². The summed E-state index contributed by atoms with van der Waals surface area (Å²) in [5, 5.41) is 19.0. The number of nitrogen functional groups attached to an aromatic ring is 1. The highest BCUT2D eigenvalue weighted by Gasteiger charge is 2.30. The third-order valence-electron chi connectivity index (χ3n) is 3.07. The molecule has 18 heavy (non-hydrogen) atoms. The SMILES string of the molecule is COC(=O)c1cc(N2CC(O)C(O)C2)ccc1N. The standard InChI is InChI=1S/C12H16N2O4/c1-18-12(17)8-4-7(2-3-9(8)13)14-5-10(15)11(16)6-14/h2-4,10-11,15-16H,5-6,13H2,1H3. The van der Waals surface area contributed by atoms with Gasteiger partial charge in [0.15, 0.2) is 0 Å². The zero-order chi connectivity index (χ0) is 13.3. The van der Waals surface area contributed by atoms with Crippen LogP contribution >= 0.6 is 0 Å². The van der Waals surface area contributed by atoms with E-state index in [-0.39, 0.29) is 5.56 Å². The van der Waals surface area contributed by atoms with Crippen molar-refractivity contribution in [3.63, 3.8) is 0 Å². The van der Waals surface area contributed by atoms with Gasteiger partial charge in [0.2, 0.25) is 0 Å². The maximum atomic E-state index is 11.5. The van der Waals surface area contributed by atoms with Gasteiger partial charge in [0, 0.05) is 24.5 Å². The predicted octanol–water partition coefficient (Wildman–Crippen LogP) is -0.403. The predicted molar refractivity (Wildman–Crippen MR) is 66.4 cm³/mol. The lowest BCUT2D eigenvalue weighted by Crippen LogP contribution is -2.22. The van der Waals surface area contributed by atoms with E-state index in [1.165, 1.54) is 7.11 Å². The van der Waals surface area contributed by atoms with Gasteiger partial charge in [0.05, 0.1) is 24.9 Å². The lowest BCUT2D eigenvalue weighted by Gasteiger charge is -2.18. The van der Waals surface area contributed by atoms with E-state index in [0.717, 1.165) is 5.69 Å². The van der Waals surface area contributed by atoms with E-state index in [1.54, 1.807) is 23.1 Å². The Morgan fingerprint density at radius 1 is 1.39 bits per heavy atom. The van der Waals surface area contributed by atoms with Gasteiger partial charge in [-0.05, 0) is 18.2 Å². The van der Waals surface area contributed by atoms with Crippen LogP contribution in [0.3, 0.4) is 0 Å². The minimum absolute atomic E-state index is 0.283. The van der Waals surface area contributed by atoms with E-state index in [4.69, 9.17) is 5.73 Å². The molecule has 0 amide bonds. The first-order valence-electron chi connectivity index (χ1n) is 5.62. The first-order chi connectivity index (χ1) is 8.52. The van der Waals surface area contributed by atoms with Crippen LogP contribution in [0.2, 0.25) is 0 Å². The highest BCUT2D eigenvalue weighted by Crippen LogP contribution is 2.25. The second-order valence-corrected chi connectivity index (χ2v) is 4.30. The third kappa shape index (κ3) is 2.25. The quantitative estimate of drug-likeness (QED) is 0.489. The summed E-state index contributed by atoms with van der Waals surface area (Å²) in [6, 6.07) is 4.96. The number of aliphatic hydroxyl groups is 2. The Hall–Kier alpha value is -1.79. The molecule has 0 bridgehead atoms. The van der Waals surface area contributed by atoms with Gasteiger partial charge in [-0.25, -0.2) is 4.79 Å². The molecule has 1 saturated heterocycles. The number of esters is 1. The monoisotopic (exact) mass is 252 g/mol. The number of nitrogens with zero attached hydrogens (tertiary/aromatic N) is 1. The van der Waals surface area contributed by atoms with Crippen molar-refractivity contribution in [3.8, 4) is 0 Å². The zero-order valence-electron chi connectivity index (χ0n) is 10.0. The van der Waals surface area contributed by atoms with Gasteiger partial charge >= 0.3 is 5.97 Å². The van der Waals surface area contributed by atoms with E-state index in [9.17, 15) is 15.0 Å². The largest absolute Gasteiger partial charge is 0.465 e. The number of carbonyl (C=O) groups excluding carboxylic acids is 1. The first kappa shape index (κ1) is 12.7. The molecule has 1 aliphatic heterocycles. The lowest BCUT2D eigenvalue weighted by atomic mass is 10.1. The molecule has 6 heteroatoms. The zero-order valence-corrected chi connectivity index (χ0v) is 10.0. The van der Waals surface area contributed by atoms with Gasteiger partial charge in [-0.3, -0.25) is 0 Å². The number of anilines is 2. The second-order valence-electron chi connectivity index (χ2n) is 4.30. The van der Waals surface area contributed by atoms with Crippen molar-refractivity contribution >= 4 is 17.3 Å². The summed E-state index contributed by atoms with van der Waals surface area (Å²) in [6.07, 6.45) is -1.55. The highest BCUT2D eigenvalue weighted by molar-refractivity contribution is 5.96. The van der Waals surface area contributed by atoms with Crippen molar-refractivity contribution in [1.82, 2.24) is 0 Å². The third-order valence-corrected chi connectivity index (χ3v) is 3.07. The molecule has 2 rings (SSSR count). The van der Waals surface area contributed by atoms with Crippen molar-refractivity contribution < 1.29 is 19.7 Å². The van der Waals surface area contributed by atoms with Crippen LogP contribution in [0.25, 0.3) is 0 Å². The Morgan fingerprint density at radius 2 is 2.00 bits per heavy atom. The summed E-state index contributed by atoms with van der Waals surface area (Å²) in [5.41, 5.74) is 7.05. The molecule has 0 aliphatic carbocycles. The number of hydrogen-bond donors (Lipinski definition) is 3. The van der Waals surface area contributed by atoms with Crippen molar-refractivity contribution in [2.45, 2.75) is 12.2 Å². The normalized spacial score (nSPS) is 23.2. The molecule has 6 nitrogen and oxygen atoms in total. The van der Waals surface area contributed by atoms with Crippen LogP contribution in [0.5, 0.6) is 0 Å². The van der Waals surface area contributed by atoms with E-state index in [1.807, 2.05) is 0 Å². The summed E-state index contributed by atoms with van der Waals surface area (Å²) in [5.74, 6) is -0.505. The van der Waals surface area contributed by atoms with Gasteiger partial charge < -0.3 is 25.6 Å².